The summed E-state index contributed by atoms with van der Waals surface area (Å²) in [5.41, 5.74) is 3.34. The Morgan fingerprint density at radius 3 is 2.70 bits per heavy atom. The van der Waals surface area contributed by atoms with E-state index in [9.17, 15) is 9.59 Å². The van der Waals surface area contributed by atoms with E-state index in [1.165, 1.54) is 0 Å². The number of carbonyl (C=O) groups is 2. The van der Waals surface area contributed by atoms with Crippen LogP contribution in [-0.2, 0) is 16.0 Å². The first-order valence-electron chi connectivity index (χ1n) is 9.18. The van der Waals surface area contributed by atoms with Crippen LogP contribution in [0.15, 0.2) is 53.5 Å². The van der Waals surface area contributed by atoms with Crippen molar-refractivity contribution in [1.29, 1.82) is 0 Å². The van der Waals surface area contributed by atoms with Crippen LogP contribution in [0.25, 0.3) is 0 Å². The van der Waals surface area contributed by atoms with Crippen LogP contribution >= 0.6 is 0 Å². The first-order chi connectivity index (χ1) is 13.0. The topological polar surface area (TPSA) is 67.8 Å². The molecule has 27 heavy (non-hydrogen) atoms. The molecule has 2 aromatic rings. The molecule has 0 saturated heterocycles. The van der Waals surface area contributed by atoms with Crippen molar-refractivity contribution in [2.45, 2.75) is 32.6 Å². The lowest BCUT2D eigenvalue weighted by Gasteiger charge is -2.19. The highest BCUT2D eigenvalue weighted by atomic mass is 16.5. The third-order valence-electron chi connectivity index (χ3n) is 4.76. The van der Waals surface area contributed by atoms with Crippen molar-refractivity contribution in [3.05, 3.63) is 54.1 Å². The lowest BCUT2D eigenvalue weighted by atomic mass is 9.87. The second-order valence-electron chi connectivity index (χ2n) is 6.77. The minimum absolute atomic E-state index is 0.0915. The molecule has 1 atom stereocenters. The summed E-state index contributed by atoms with van der Waals surface area (Å²) in [5.74, 6) is 0.803. The van der Waals surface area contributed by atoms with Gasteiger partial charge >= 0.3 is 0 Å². The molecule has 1 amide bonds. The van der Waals surface area contributed by atoms with Gasteiger partial charge in [0.15, 0.2) is 0 Å². The molecule has 0 bridgehead atoms. The Balaban J connectivity index is 1.66. The number of amides is 1. The standard InChI is InChI=1S/C22H24N2O3/c1-15-20(7-4-8-21(15)25)23-18-6-3-5-16(13-18)14-22(26)24-17-9-11-19(27-2)12-10-17/h3,5-6,9-13,15H,4,7-8,14H2,1-2H3,(H,24,26). The number of nitrogens with zero attached hydrogens (tertiary/aromatic N) is 1. The Hall–Kier alpha value is -2.95. The van der Waals surface area contributed by atoms with Gasteiger partial charge in [-0.3, -0.25) is 14.6 Å². The normalized spacial score (nSPS) is 18.4. The van der Waals surface area contributed by atoms with Gasteiger partial charge in [-0.1, -0.05) is 19.1 Å². The number of anilines is 1. The molecule has 1 unspecified atom stereocenters. The molecule has 3 rings (SSSR count). The number of Topliss-reactive ketones (excluding diaryl/α,β-unsaturated/α-hetero) is 1. The Bertz CT molecular complexity index is 856. The van der Waals surface area contributed by atoms with Gasteiger partial charge in [-0.25, -0.2) is 0 Å². The van der Waals surface area contributed by atoms with Crippen LogP contribution in [0.2, 0.25) is 0 Å². The fourth-order valence-electron chi connectivity index (χ4n) is 3.18. The van der Waals surface area contributed by atoms with Gasteiger partial charge in [-0.15, -0.1) is 0 Å². The van der Waals surface area contributed by atoms with E-state index in [2.05, 4.69) is 10.3 Å². The maximum Gasteiger partial charge on any atom is 0.228 e. The largest absolute Gasteiger partial charge is 0.497 e. The number of aliphatic imine (C=N–C) groups is 1. The third kappa shape index (κ3) is 5.03. The van der Waals surface area contributed by atoms with Gasteiger partial charge in [0.1, 0.15) is 11.5 Å². The van der Waals surface area contributed by atoms with Gasteiger partial charge in [0, 0.05) is 17.8 Å². The minimum Gasteiger partial charge on any atom is -0.497 e. The number of ether oxygens (including phenoxy) is 1. The molecule has 5 heteroatoms. The molecule has 1 N–H and O–H groups in total. The van der Waals surface area contributed by atoms with Crippen molar-refractivity contribution in [3.63, 3.8) is 0 Å². The molecule has 1 aliphatic carbocycles. The first kappa shape index (κ1) is 18.8. The highest BCUT2D eigenvalue weighted by Gasteiger charge is 2.23. The average Bonchev–Trinajstić information content (AvgIpc) is 2.66. The molecular weight excluding hydrogens is 340 g/mol. The Labute approximate surface area is 159 Å². The Morgan fingerprint density at radius 1 is 1.19 bits per heavy atom. The fraction of sp³-hybridized carbons (Fsp3) is 0.318. The summed E-state index contributed by atoms with van der Waals surface area (Å²) in [7, 11) is 1.61. The van der Waals surface area contributed by atoms with Crippen molar-refractivity contribution in [3.8, 4) is 5.75 Å². The predicted molar refractivity (Wildman–Crippen MR) is 107 cm³/mol. The number of hydrogen-bond donors (Lipinski definition) is 1. The summed E-state index contributed by atoms with van der Waals surface area (Å²) >= 11 is 0. The van der Waals surface area contributed by atoms with Gasteiger partial charge in [0.2, 0.25) is 5.91 Å². The SMILES string of the molecule is COc1ccc(NC(=O)Cc2cccc(N=C3CCCC(=O)C3C)c2)cc1. The summed E-state index contributed by atoms with van der Waals surface area (Å²) in [4.78, 5) is 28.9. The molecule has 0 spiro atoms. The molecule has 1 fully saturated rings. The van der Waals surface area contributed by atoms with E-state index >= 15 is 0 Å². The molecule has 1 saturated carbocycles. The summed E-state index contributed by atoms with van der Waals surface area (Å²) in [6.45, 7) is 1.92. The zero-order valence-corrected chi connectivity index (χ0v) is 15.7. The summed E-state index contributed by atoms with van der Waals surface area (Å²) < 4.78 is 5.11. The predicted octanol–water partition coefficient (Wildman–Crippen LogP) is 4.34. The van der Waals surface area contributed by atoms with Gasteiger partial charge in [0.05, 0.1) is 25.1 Å². The molecule has 0 aromatic heterocycles. The smallest absolute Gasteiger partial charge is 0.228 e. The highest BCUT2D eigenvalue weighted by Crippen LogP contribution is 2.23. The monoisotopic (exact) mass is 364 g/mol. The minimum atomic E-state index is -0.110. The van der Waals surface area contributed by atoms with E-state index < -0.39 is 0 Å². The summed E-state index contributed by atoms with van der Waals surface area (Å²) in [6, 6.07) is 14.8. The van der Waals surface area contributed by atoms with Gasteiger partial charge in [-0.05, 0) is 54.8 Å². The van der Waals surface area contributed by atoms with Crippen molar-refractivity contribution in [2.75, 3.05) is 12.4 Å². The zero-order chi connectivity index (χ0) is 19.2. The second-order valence-corrected chi connectivity index (χ2v) is 6.77. The van der Waals surface area contributed by atoms with Crippen LogP contribution in [-0.4, -0.2) is 24.5 Å². The van der Waals surface area contributed by atoms with Crippen LogP contribution in [0.4, 0.5) is 11.4 Å². The van der Waals surface area contributed by atoms with Crippen LogP contribution in [0.3, 0.4) is 0 Å². The number of hydrogen-bond acceptors (Lipinski definition) is 4. The molecule has 0 aliphatic heterocycles. The van der Waals surface area contributed by atoms with E-state index in [4.69, 9.17) is 4.74 Å². The number of ketones is 1. The second kappa shape index (κ2) is 8.62. The van der Waals surface area contributed by atoms with Crippen LogP contribution in [0.5, 0.6) is 5.75 Å². The molecule has 0 heterocycles. The van der Waals surface area contributed by atoms with Gasteiger partial charge in [-0.2, -0.15) is 0 Å². The van der Waals surface area contributed by atoms with Crippen LogP contribution in [0, 0.1) is 5.92 Å². The summed E-state index contributed by atoms with van der Waals surface area (Å²) in [6.07, 6.45) is 2.63. The molecule has 5 nitrogen and oxygen atoms in total. The van der Waals surface area contributed by atoms with Crippen LogP contribution < -0.4 is 10.1 Å². The number of rotatable bonds is 5. The quantitative estimate of drug-likeness (QED) is 0.858. The Morgan fingerprint density at radius 2 is 1.96 bits per heavy atom. The fourth-order valence-corrected chi connectivity index (χ4v) is 3.18. The molecule has 1 aliphatic rings. The lowest BCUT2D eigenvalue weighted by molar-refractivity contribution is -0.121. The van der Waals surface area contributed by atoms with Gasteiger partial charge < -0.3 is 10.1 Å². The van der Waals surface area contributed by atoms with Crippen molar-refractivity contribution in [2.24, 2.45) is 10.9 Å². The maximum absolute atomic E-state index is 12.3. The van der Waals surface area contributed by atoms with Crippen molar-refractivity contribution >= 4 is 28.8 Å². The number of carbonyl (C=O) groups excluding carboxylic acids is 2. The molecule has 0 radical (unpaired) electrons. The van der Waals surface area contributed by atoms with Crippen molar-refractivity contribution in [1.82, 2.24) is 0 Å². The van der Waals surface area contributed by atoms with E-state index in [1.807, 2.05) is 31.2 Å². The van der Waals surface area contributed by atoms with E-state index in [0.29, 0.717) is 6.42 Å². The highest BCUT2D eigenvalue weighted by molar-refractivity contribution is 6.07. The third-order valence-corrected chi connectivity index (χ3v) is 4.76. The summed E-state index contributed by atoms with van der Waals surface area (Å²) in [5, 5.41) is 2.88. The van der Waals surface area contributed by atoms with E-state index in [1.54, 1.807) is 31.4 Å². The number of nitrogens with one attached hydrogen (secondary N) is 1. The average molecular weight is 364 g/mol. The molecule has 140 valence electrons. The number of methoxy groups -OCH3 is 1. The number of benzene rings is 2. The lowest BCUT2D eigenvalue weighted by Crippen LogP contribution is -2.25. The maximum atomic E-state index is 12.3. The van der Waals surface area contributed by atoms with E-state index in [0.717, 1.165) is 41.2 Å². The molecular formula is C22H24N2O3. The molecule has 2 aromatic carbocycles. The zero-order valence-electron chi connectivity index (χ0n) is 15.7. The van der Waals surface area contributed by atoms with Gasteiger partial charge in [0.25, 0.3) is 0 Å². The van der Waals surface area contributed by atoms with Crippen LogP contribution in [0.1, 0.15) is 31.7 Å². The van der Waals surface area contributed by atoms with Crippen molar-refractivity contribution < 1.29 is 14.3 Å². The first-order valence-corrected chi connectivity index (χ1v) is 9.18. The van der Waals surface area contributed by atoms with E-state index in [-0.39, 0.29) is 24.0 Å². The Kier molecular flexibility index (Phi) is 6.01.